The Kier molecular flexibility index (Phi) is 18.7. The van der Waals surface area contributed by atoms with Gasteiger partial charge in [0.05, 0.1) is 0 Å². The van der Waals surface area contributed by atoms with E-state index in [0.29, 0.717) is 58.7 Å². The Morgan fingerprint density at radius 3 is 1.75 bits per heavy atom. The molecule has 274 valence electrons. The molecule has 0 saturated carbocycles. The highest BCUT2D eigenvalue weighted by atomic mass is 16.6. The molecule has 0 unspecified atom stereocenters. The van der Waals surface area contributed by atoms with E-state index >= 15 is 0 Å². The van der Waals surface area contributed by atoms with Gasteiger partial charge < -0.3 is 35.4 Å². The fourth-order valence-corrected chi connectivity index (χ4v) is 4.07. The number of rotatable bonds is 17. The number of hydrazone groups is 1. The molecule has 0 bridgehead atoms. The van der Waals surface area contributed by atoms with Crippen LogP contribution in [0.2, 0.25) is 0 Å². The minimum absolute atomic E-state index is 0.151. The second kappa shape index (κ2) is 21.2. The number of amides is 3. The van der Waals surface area contributed by atoms with Crippen molar-refractivity contribution in [1.29, 1.82) is 0 Å². The normalized spacial score (nSPS) is 11.7. The lowest BCUT2D eigenvalue weighted by atomic mass is 10.1. The summed E-state index contributed by atoms with van der Waals surface area (Å²) in [4.78, 5) is 38.9. The SMILES string of the molecule is CC(C)(C)OC(=O)NCCCN(CCCNN=C(NC(=O)OC(C)(C)C)NC(=O)OC(C)(C)C)CCOc1ccc(CCCCN)cc1. The maximum atomic E-state index is 12.3. The Morgan fingerprint density at radius 1 is 0.708 bits per heavy atom. The summed E-state index contributed by atoms with van der Waals surface area (Å²) in [6.07, 6.45) is 2.49. The zero-order valence-corrected chi connectivity index (χ0v) is 30.6. The van der Waals surface area contributed by atoms with E-state index < -0.39 is 35.1 Å². The molecule has 0 spiro atoms. The third-order valence-corrected chi connectivity index (χ3v) is 6.03. The molecule has 6 N–H and O–H groups in total. The second-order valence-corrected chi connectivity index (χ2v) is 14.3. The monoisotopic (exact) mass is 679 g/mol. The van der Waals surface area contributed by atoms with Crippen LogP contribution in [0.5, 0.6) is 5.75 Å². The standard InChI is InChI=1S/C34H61N7O7/c1-32(2,3)46-29(42)36-20-12-22-41(24-25-45-27-17-15-26(16-18-27)14-10-11-19-35)23-13-21-37-40-28(38-30(43)47-33(4,5)6)39-31(44)48-34(7,8)9/h15-18,37H,10-14,19-25,35H2,1-9H3,(H,36,42)(H2,38,39,40,43,44). The van der Waals surface area contributed by atoms with E-state index in [-0.39, 0.29) is 5.96 Å². The zero-order chi connectivity index (χ0) is 36.2. The van der Waals surface area contributed by atoms with E-state index in [1.165, 1.54) is 5.56 Å². The molecule has 0 heterocycles. The molecule has 0 saturated heterocycles. The first-order chi connectivity index (χ1) is 22.3. The van der Waals surface area contributed by atoms with E-state index in [0.717, 1.165) is 25.0 Å². The fourth-order valence-electron chi connectivity index (χ4n) is 4.07. The van der Waals surface area contributed by atoms with E-state index in [1.54, 1.807) is 41.5 Å². The Labute approximate surface area is 287 Å². The maximum Gasteiger partial charge on any atom is 0.414 e. The van der Waals surface area contributed by atoms with Crippen LogP contribution in [0, 0.1) is 0 Å². The van der Waals surface area contributed by atoms with Gasteiger partial charge in [0, 0.05) is 26.2 Å². The predicted molar refractivity (Wildman–Crippen MR) is 188 cm³/mol. The molecule has 0 aliphatic carbocycles. The van der Waals surface area contributed by atoms with Crippen LogP contribution in [-0.2, 0) is 20.6 Å². The number of hydrogen-bond donors (Lipinski definition) is 5. The minimum atomic E-state index is -0.772. The molecule has 0 aliphatic heterocycles. The number of guanidine groups is 1. The molecule has 0 aromatic heterocycles. The molecule has 0 atom stereocenters. The summed E-state index contributed by atoms with van der Waals surface area (Å²) in [6, 6.07) is 8.15. The Morgan fingerprint density at radius 2 is 1.23 bits per heavy atom. The molecular formula is C34H61N7O7. The Bertz CT molecular complexity index is 1090. The van der Waals surface area contributed by atoms with Gasteiger partial charge in [0.15, 0.2) is 0 Å². The van der Waals surface area contributed by atoms with E-state index in [4.69, 9.17) is 24.7 Å². The number of carbonyl (C=O) groups excluding carboxylic acids is 3. The van der Waals surface area contributed by atoms with Crippen molar-refractivity contribution in [1.82, 2.24) is 26.3 Å². The van der Waals surface area contributed by atoms with Crippen LogP contribution in [0.1, 0.15) is 93.6 Å². The highest BCUT2D eigenvalue weighted by Crippen LogP contribution is 2.14. The highest BCUT2D eigenvalue weighted by molar-refractivity contribution is 6.01. The predicted octanol–water partition coefficient (Wildman–Crippen LogP) is 4.86. The molecule has 1 aromatic carbocycles. The average molecular weight is 680 g/mol. The third kappa shape index (κ3) is 23.5. The van der Waals surface area contributed by atoms with Crippen LogP contribution in [0.15, 0.2) is 29.4 Å². The number of unbranched alkanes of at least 4 members (excludes halogenated alkanes) is 1. The van der Waals surface area contributed by atoms with Crippen molar-refractivity contribution in [3.63, 3.8) is 0 Å². The summed E-state index contributed by atoms with van der Waals surface area (Å²) in [7, 11) is 0. The number of carbonyl (C=O) groups is 3. The Hall–Kier alpha value is -3.78. The summed E-state index contributed by atoms with van der Waals surface area (Å²) in [6.45, 7) is 20.0. The first kappa shape index (κ1) is 42.2. The lowest BCUT2D eigenvalue weighted by Crippen LogP contribution is -2.48. The van der Waals surface area contributed by atoms with Gasteiger partial charge >= 0.3 is 18.3 Å². The summed E-state index contributed by atoms with van der Waals surface area (Å²) in [5.41, 5.74) is 7.72. The van der Waals surface area contributed by atoms with Crippen LogP contribution in [0.25, 0.3) is 0 Å². The molecule has 0 aliphatic rings. The van der Waals surface area contributed by atoms with Crippen LogP contribution in [0.3, 0.4) is 0 Å². The fraction of sp³-hybridized carbons (Fsp3) is 0.706. The number of ether oxygens (including phenoxy) is 4. The summed E-state index contributed by atoms with van der Waals surface area (Å²) >= 11 is 0. The zero-order valence-electron chi connectivity index (χ0n) is 30.6. The number of hydrogen-bond acceptors (Lipinski definition) is 11. The van der Waals surface area contributed by atoms with Gasteiger partial charge in [-0.15, -0.1) is 5.10 Å². The first-order valence-electron chi connectivity index (χ1n) is 16.8. The number of nitrogens with zero attached hydrogens (tertiary/aromatic N) is 2. The number of benzene rings is 1. The van der Waals surface area contributed by atoms with Crippen molar-refractivity contribution in [2.24, 2.45) is 10.8 Å². The van der Waals surface area contributed by atoms with Crippen LogP contribution in [-0.4, -0.2) is 91.8 Å². The van der Waals surface area contributed by atoms with Gasteiger partial charge in [-0.3, -0.25) is 15.5 Å². The lowest BCUT2D eigenvalue weighted by Gasteiger charge is -2.23. The van der Waals surface area contributed by atoms with Crippen molar-refractivity contribution >= 4 is 24.2 Å². The molecule has 48 heavy (non-hydrogen) atoms. The van der Waals surface area contributed by atoms with Crippen LogP contribution < -0.4 is 31.8 Å². The molecule has 0 fully saturated rings. The maximum absolute atomic E-state index is 12.3. The van der Waals surface area contributed by atoms with Crippen molar-refractivity contribution < 1.29 is 33.3 Å². The van der Waals surface area contributed by atoms with Gasteiger partial charge in [0.25, 0.3) is 0 Å². The number of alkyl carbamates (subject to hydrolysis) is 3. The van der Waals surface area contributed by atoms with E-state index in [1.807, 2.05) is 32.9 Å². The molecule has 3 amide bonds. The van der Waals surface area contributed by atoms with Gasteiger partial charge in [0.2, 0.25) is 5.96 Å². The molecule has 0 radical (unpaired) electrons. The van der Waals surface area contributed by atoms with Crippen LogP contribution in [0.4, 0.5) is 14.4 Å². The summed E-state index contributed by atoms with van der Waals surface area (Å²) in [5.74, 6) is 0.657. The molecule has 14 heteroatoms. The van der Waals surface area contributed by atoms with Gasteiger partial charge in [-0.1, -0.05) is 12.1 Å². The van der Waals surface area contributed by atoms with Crippen molar-refractivity contribution in [3.8, 4) is 5.75 Å². The largest absolute Gasteiger partial charge is 0.492 e. The molecular weight excluding hydrogens is 618 g/mol. The van der Waals surface area contributed by atoms with Gasteiger partial charge in [0.1, 0.15) is 29.2 Å². The van der Waals surface area contributed by atoms with Crippen molar-refractivity contribution in [2.75, 3.05) is 45.9 Å². The highest BCUT2D eigenvalue weighted by Gasteiger charge is 2.21. The number of nitrogens with one attached hydrogen (secondary N) is 4. The third-order valence-electron chi connectivity index (χ3n) is 6.03. The van der Waals surface area contributed by atoms with Crippen molar-refractivity contribution in [2.45, 2.75) is 111 Å². The Balaban J connectivity index is 2.75. The first-order valence-corrected chi connectivity index (χ1v) is 16.8. The minimum Gasteiger partial charge on any atom is -0.492 e. The second-order valence-electron chi connectivity index (χ2n) is 14.3. The summed E-state index contributed by atoms with van der Waals surface area (Å²) in [5, 5.41) is 11.8. The molecule has 1 aromatic rings. The van der Waals surface area contributed by atoms with E-state index in [2.05, 4.69) is 43.5 Å². The molecule has 14 nitrogen and oxygen atoms in total. The van der Waals surface area contributed by atoms with E-state index in [9.17, 15) is 14.4 Å². The van der Waals surface area contributed by atoms with Gasteiger partial charge in [-0.05, 0) is 125 Å². The summed E-state index contributed by atoms with van der Waals surface area (Å²) < 4.78 is 21.9. The quantitative estimate of drug-likeness (QED) is 0.0502. The number of nitrogens with two attached hydrogens (primary N) is 1. The smallest absolute Gasteiger partial charge is 0.414 e. The lowest BCUT2D eigenvalue weighted by molar-refractivity contribution is 0.0515. The molecule has 1 rings (SSSR count). The van der Waals surface area contributed by atoms with Gasteiger partial charge in [-0.2, -0.15) is 0 Å². The van der Waals surface area contributed by atoms with Crippen molar-refractivity contribution in [3.05, 3.63) is 29.8 Å². The van der Waals surface area contributed by atoms with Gasteiger partial charge in [-0.25, -0.2) is 14.4 Å². The average Bonchev–Trinajstić information content (AvgIpc) is 2.92. The topological polar surface area (TPSA) is 178 Å². The van der Waals surface area contributed by atoms with Crippen LogP contribution >= 0.6 is 0 Å². The number of aryl methyl sites for hydroxylation is 1.